The summed E-state index contributed by atoms with van der Waals surface area (Å²) < 4.78 is 0. The van der Waals surface area contributed by atoms with E-state index in [1.54, 1.807) is 0 Å². The molecule has 1 atom stereocenters. The molecule has 0 saturated heterocycles. The molecule has 12 heavy (non-hydrogen) atoms. The van der Waals surface area contributed by atoms with Gasteiger partial charge in [-0.05, 0) is 25.7 Å². The van der Waals surface area contributed by atoms with Crippen molar-refractivity contribution >= 4 is 0 Å². The van der Waals surface area contributed by atoms with Crippen LogP contribution in [0.5, 0.6) is 0 Å². The van der Waals surface area contributed by atoms with Gasteiger partial charge in [0.25, 0.3) is 0 Å². The minimum atomic E-state index is 0.145. The molecule has 0 unspecified atom stereocenters. The molecule has 0 aromatic heterocycles. The summed E-state index contributed by atoms with van der Waals surface area (Å²) in [6.45, 7) is 4.13. The molecule has 0 bridgehead atoms. The van der Waals surface area contributed by atoms with Crippen LogP contribution < -0.4 is 0 Å². The van der Waals surface area contributed by atoms with Crippen LogP contribution in [0.15, 0.2) is 11.6 Å². The Labute approximate surface area is 74.5 Å². The van der Waals surface area contributed by atoms with Gasteiger partial charge in [-0.15, -0.1) is 0 Å². The van der Waals surface area contributed by atoms with Gasteiger partial charge in [0.1, 0.15) is 0 Å². The molecule has 2 heteroatoms. The Morgan fingerprint density at radius 3 is 2.83 bits per heavy atom. The van der Waals surface area contributed by atoms with Crippen LogP contribution in [0.3, 0.4) is 0 Å². The Hall–Kier alpha value is -0.810. The Morgan fingerprint density at radius 2 is 2.33 bits per heavy atom. The van der Waals surface area contributed by atoms with Gasteiger partial charge in [-0.3, -0.25) is 0 Å². The fourth-order valence-corrected chi connectivity index (χ4v) is 0.937. The summed E-state index contributed by atoms with van der Waals surface area (Å²) in [4.78, 5) is 0. The fraction of sp³-hybridized carbons (Fsp3) is 0.700. The van der Waals surface area contributed by atoms with Crippen LogP contribution in [-0.2, 0) is 0 Å². The summed E-state index contributed by atoms with van der Waals surface area (Å²) in [5, 5.41) is 17.1. The van der Waals surface area contributed by atoms with E-state index in [-0.39, 0.29) is 6.61 Å². The van der Waals surface area contributed by atoms with Crippen LogP contribution in [0, 0.1) is 17.2 Å². The molecule has 0 aromatic rings. The van der Waals surface area contributed by atoms with Crippen molar-refractivity contribution in [3.05, 3.63) is 11.6 Å². The minimum absolute atomic E-state index is 0.145. The lowest BCUT2D eigenvalue weighted by Crippen LogP contribution is -1.92. The minimum Gasteiger partial charge on any atom is -0.392 e. The summed E-state index contributed by atoms with van der Waals surface area (Å²) in [5.41, 5.74) is 1.01. The van der Waals surface area contributed by atoms with E-state index in [0.717, 1.165) is 18.4 Å². The van der Waals surface area contributed by atoms with Crippen molar-refractivity contribution in [1.29, 1.82) is 5.26 Å². The van der Waals surface area contributed by atoms with Crippen LogP contribution in [0.4, 0.5) is 0 Å². The number of aliphatic hydroxyl groups excluding tert-OH is 1. The normalized spacial score (nSPS) is 14.0. The topological polar surface area (TPSA) is 44.0 Å². The fourth-order valence-electron chi connectivity index (χ4n) is 0.937. The number of rotatable bonds is 5. The molecule has 0 aliphatic rings. The molecule has 2 nitrogen and oxygen atoms in total. The van der Waals surface area contributed by atoms with Gasteiger partial charge >= 0.3 is 0 Å². The third kappa shape index (κ3) is 5.94. The van der Waals surface area contributed by atoms with Gasteiger partial charge in [0, 0.05) is 6.42 Å². The highest BCUT2D eigenvalue weighted by atomic mass is 16.3. The number of allylic oxidation sites excluding steroid dienone is 1. The second kappa shape index (κ2) is 6.87. The van der Waals surface area contributed by atoms with Gasteiger partial charge in [-0.25, -0.2) is 0 Å². The smallest absolute Gasteiger partial charge is 0.0639 e. The lowest BCUT2D eigenvalue weighted by Gasteiger charge is -2.03. The standard InChI is InChI=1S/C10H17NO/c1-9(6-7-11)4-3-5-10(2)8-12/h5,9,12H,3-4,6,8H2,1-2H3/b10-5+/t9-/m1/s1. The second-order valence-electron chi connectivity index (χ2n) is 3.25. The van der Waals surface area contributed by atoms with E-state index in [1.807, 2.05) is 13.0 Å². The Kier molecular flexibility index (Phi) is 6.41. The zero-order valence-corrected chi connectivity index (χ0v) is 7.88. The maximum absolute atomic E-state index is 8.68. The zero-order chi connectivity index (χ0) is 9.40. The number of hydrogen-bond acceptors (Lipinski definition) is 2. The highest BCUT2D eigenvalue weighted by molar-refractivity contribution is 4.97. The van der Waals surface area contributed by atoms with E-state index in [1.165, 1.54) is 0 Å². The first-order chi connectivity index (χ1) is 5.70. The third-order valence-electron chi connectivity index (χ3n) is 1.84. The Balaban J connectivity index is 3.50. The first-order valence-corrected chi connectivity index (χ1v) is 4.34. The van der Waals surface area contributed by atoms with Crippen molar-refractivity contribution in [2.45, 2.75) is 33.1 Å². The van der Waals surface area contributed by atoms with Gasteiger partial charge in [-0.2, -0.15) is 5.26 Å². The van der Waals surface area contributed by atoms with Gasteiger partial charge in [0.15, 0.2) is 0 Å². The maximum atomic E-state index is 8.68. The molecule has 0 spiro atoms. The van der Waals surface area contributed by atoms with Crippen molar-refractivity contribution in [1.82, 2.24) is 0 Å². The van der Waals surface area contributed by atoms with E-state index in [4.69, 9.17) is 10.4 Å². The summed E-state index contributed by atoms with van der Waals surface area (Å²) in [7, 11) is 0. The molecule has 0 fully saturated rings. The van der Waals surface area contributed by atoms with E-state index in [2.05, 4.69) is 13.0 Å². The quantitative estimate of drug-likeness (QED) is 0.638. The highest BCUT2D eigenvalue weighted by Crippen LogP contribution is 2.10. The zero-order valence-electron chi connectivity index (χ0n) is 7.88. The largest absolute Gasteiger partial charge is 0.392 e. The molecule has 0 aromatic carbocycles. The van der Waals surface area contributed by atoms with Crippen molar-refractivity contribution in [3.63, 3.8) is 0 Å². The molecule has 0 radical (unpaired) electrons. The number of hydrogen-bond donors (Lipinski definition) is 1. The lowest BCUT2D eigenvalue weighted by atomic mass is 10.0. The molecular formula is C10H17NO. The number of aliphatic hydroxyl groups is 1. The molecule has 0 aliphatic heterocycles. The summed E-state index contributed by atoms with van der Waals surface area (Å²) in [6.07, 6.45) is 4.67. The van der Waals surface area contributed by atoms with Crippen LogP contribution >= 0.6 is 0 Å². The van der Waals surface area contributed by atoms with E-state index in [9.17, 15) is 0 Å². The molecule has 0 amide bonds. The average Bonchev–Trinajstić information content (AvgIpc) is 2.04. The molecule has 0 rings (SSSR count). The second-order valence-corrected chi connectivity index (χ2v) is 3.25. The average molecular weight is 167 g/mol. The van der Waals surface area contributed by atoms with Crippen LogP contribution in [0.2, 0.25) is 0 Å². The SMILES string of the molecule is C/C(=C\CC[C@@H](C)CC#N)CO. The maximum Gasteiger partial charge on any atom is 0.0639 e. The van der Waals surface area contributed by atoms with Crippen molar-refractivity contribution in [3.8, 4) is 6.07 Å². The van der Waals surface area contributed by atoms with E-state index in [0.29, 0.717) is 12.3 Å². The van der Waals surface area contributed by atoms with Gasteiger partial charge in [0.05, 0.1) is 12.7 Å². The molecule has 0 aliphatic carbocycles. The molecule has 68 valence electrons. The first kappa shape index (κ1) is 11.2. The summed E-state index contributed by atoms with van der Waals surface area (Å²) in [6, 6.07) is 2.15. The number of nitriles is 1. The third-order valence-corrected chi connectivity index (χ3v) is 1.84. The van der Waals surface area contributed by atoms with Gasteiger partial charge < -0.3 is 5.11 Å². The molecule has 0 saturated carbocycles. The highest BCUT2D eigenvalue weighted by Gasteiger charge is 1.98. The van der Waals surface area contributed by atoms with Gasteiger partial charge in [0.2, 0.25) is 0 Å². The molecular weight excluding hydrogens is 150 g/mol. The lowest BCUT2D eigenvalue weighted by molar-refractivity contribution is 0.330. The number of nitrogens with zero attached hydrogens (tertiary/aromatic N) is 1. The first-order valence-electron chi connectivity index (χ1n) is 4.34. The van der Waals surface area contributed by atoms with E-state index >= 15 is 0 Å². The van der Waals surface area contributed by atoms with Crippen molar-refractivity contribution < 1.29 is 5.11 Å². The monoisotopic (exact) mass is 167 g/mol. The van der Waals surface area contributed by atoms with Gasteiger partial charge in [-0.1, -0.05) is 18.6 Å². The van der Waals surface area contributed by atoms with Crippen molar-refractivity contribution in [2.24, 2.45) is 5.92 Å². The molecule has 0 heterocycles. The van der Waals surface area contributed by atoms with Crippen molar-refractivity contribution in [2.75, 3.05) is 6.61 Å². The molecule has 1 N–H and O–H groups in total. The predicted octanol–water partition coefficient (Wildman–Crippen LogP) is 2.25. The van der Waals surface area contributed by atoms with Crippen LogP contribution in [0.1, 0.15) is 33.1 Å². The van der Waals surface area contributed by atoms with Crippen LogP contribution in [0.25, 0.3) is 0 Å². The summed E-state index contributed by atoms with van der Waals surface area (Å²) >= 11 is 0. The summed E-state index contributed by atoms with van der Waals surface area (Å²) in [5.74, 6) is 0.470. The predicted molar refractivity (Wildman–Crippen MR) is 49.5 cm³/mol. The Bertz CT molecular complexity index is 179. The van der Waals surface area contributed by atoms with E-state index < -0.39 is 0 Å². The van der Waals surface area contributed by atoms with Crippen LogP contribution in [-0.4, -0.2) is 11.7 Å². The Morgan fingerprint density at radius 1 is 1.67 bits per heavy atom.